The van der Waals surface area contributed by atoms with Crippen molar-refractivity contribution in [3.63, 3.8) is 0 Å². The van der Waals surface area contributed by atoms with E-state index < -0.39 is 0 Å². The molecule has 96 valence electrons. The maximum absolute atomic E-state index is 9.45. The molecule has 0 aliphatic heterocycles. The number of rotatable bonds is 2. The van der Waals surface area contributed by atoms with Crippen LogP contribution < -0.4 is 0 Å². The fraction of sp³-hybridized carbons (Fsp3) is 0. The number of para-hydroxylation sites is 2. The summed E-state index contributed by atoms with van der Waals surface area (Å²) in [6.07, 6.45) is 3.32. The number of aromatic nitrogens is 1. The first-order valence-corrected chi connectivity index (χ1v) is 7.90. The number of aliphatic imine (C=N–C) groups is 1. The molecule has 0 atom stereocenters. The average Bonchev–Trinajstić information content (AvgIpc) is 2.40. The Morgan fingerprint density at radius 1 is 1.11 bits per heavy atom. The molecule has 2 rings (SSSR count). The van der Waals surface area contributed by atoms with Crippen molar-refractivity contribution in [3.05, 3.63) is 54.4 Å². The molecular formula is C12H10Cl2FeN2O. The van der Waals surface area contributed by atoms with Gasteiger partial charge in [0.1, 0.15) is 11.4 Å². The van der Waals surface area contributed by atoms with E-state index in [1.165, 1.54) is 0 Å². The molecule has 18 heavy (non-hydrogen) atoms. The Hall–Kier alpha value is -1.06. The molecule has 0 bridgehead atoms. The first-order valence-electron chi connectivity index (χ1n) is 4.86. The molecule has 3 nitrogen and oxygen atoms in total. The van der Waals surface area contributed by atoms with E-state index in [-0.39, 0.29) is 18.9 Å². The normalized spacial score (nSPS) is 10.1. The first-order chi connectivity index (χ1) is 8.77. The second kappa shape index (κ2) is 8.95. The van der Waals surface area contributed by atoms with Gasteiger partial charge in [-0.2, -0.15) is 0 Å². The topological polar surface area (TPSA) is 45.5 Å². The number of phenols is 1. The Balaban J connectivity index is 0.000000492. The Morgan fingerprint density at radius 2 is 1.78 bits per heavy atom. The Kier molecular flexibility index (Phi) is 7.46. The van der Waals surface area contributed by atoms with Gasteiger partial charge in [-0.15, -0.1) is 0 Å². The van der Waals surface area contributed by atoms with Gasteiger partial charge in [-0.25, -0.2) is 0 Å². The summed E-state index contributed by atoms with van der Waals surface area (Å²) >= 11 is 0.194. The molecule has 2 aromatic rings. The predicted octanol–water partition coefficient (Wildman–Crippen LogP) is 3.91. The van der Waals surface area contributed by atoms with E-state index in [4.69, 9.17) is 20.2 Å². The summed E-state index contributed by atoms with van der Waals surface area (Å²) in [5.41, 5.74) is 1.31. The number of phenolic OH excluding ortho intramolecular Hbond substituents is 1. The third kappa shape index (κ3) is 5.52. The van der Waals surface area contributed by atoms with Crippen LogP contribution in [0.5, 0.6) is 5.75 Å². The zero-order valence-electron chi connectivity index (χ0n) is 9.15. The fourth-order valence-corrected chi connectivity index (χ4v) is 1.16. The summed E-state index contributed by atoms with van der Waals surface area (Å²) in [5, 5.41) is 9.45. The van der Waals surface area contributed by atoms with Crippen molar-refractivity contribution in [1.29, 1.82) is 0 Å². The number of benzene rings is 1. The van der Waals surface area contributed by atoms with Gasteiger partial charge in [0.15, 0.2) is 0 Å². The molecule has 1 N–H and O–H groups in total. The Morgan fingerprint density at radius 3 is 2.39 bits per heavy atom. The van der Waals surface area contributed by atoms with Crippen LogP contribution in [0.15, 0.2) is 53.7 Å². The number of hydrogen-bond acceptors (Lipinski definition) is 3. The van der Waals surface area contributed by atoms with Gasteiger partial charge < -0.3 is 5.11 Å². The molecule has 0 amide bonds. The minimum absolute atomic E-state index is 0.171. The molecule has 6 heteroatoms. The molecule has 0 fully saturated rings. The van der Waals surface area contributed by atoms with Crippen LogP contribution in [0.1, 0.15) is 5.69 Å². The number of pyridine rings is 1. The van der Waals surface area contributed by atoms with E-state index in [1.54, 1.807) is 30.6 Å². The zero-order valence-corrected chi connectivity index (χ0v) is 11.8. The molecule has 1 aromatic carbocycles. The van der Waals surface area contributed by atoms with Gasteiger partial charge in [0.05, 0.1) is 11.9 Å². The average molecular weight is 325 g/mol. The van der Waals surface area contributed by atoms with Crippen molar-refractivity contribution in [2.75, 3.05) is 0 Å². The number of nitrogens with zero attached hydrogens (tertiary/aromatic N) is 2. The predicted molar refractivity (Wildman–Crippen MR) is 71.3 cm³/mol. The van der Waals surface area contributed by atoms with Gasteiger partial charge >= 0.3 is 33.3 Å². The summed E-state index contributed by atoms with van der Waals surface area (Å²) in [4.78, 5) is 8.23. The van der Waals surface area contributed by atoms with Crippen molar-refractivity contribution in [1.82, 2.24) is 4.98 Å². The second-order valence-electron chi connectivity index (χ2n) is 3.05. The Bertz CT molecular complexity index is 494. The number of aromatic hydroxyl groups is 1. The monoisotopic (exact) mass is 324 g/mol. The first kappa shape index (κ1) is 15.0. The molecular weight excluding hydrogens is 315 g/mol. The summed E-state index contributed by atoms with van der Waals surface area (Å²) in [7, 11) is 9.53. The molecule has 1 heterocycles. The molecule has 0 saturated carbocycles. The van der Waals surface area contributed by atoms with Crippen LogP contribution in [0.4, 0.5) is 5.69 Å². The van der Waals surface area contributed by atoms with Gasteiger partial charge in [-0.1, -0.05) is 18.2 Å². The minimum atomic E-state index is 0.171. The van der Waals surface area contributed by atoms with Gasteiger partial charge in [-0.3, -0.25) is 9.98 Å². The second-order valence-corrected chi connectivity index (χ2v) is 4.88. The van der Waals surface area contributed by atoms with Crippen LogP contribution in [0, 0.1) is 0 Å². The van der Waals surface area contributed by atoms with Gasteiger partial charge in [0.2, 0.25) is 0 Å². The van der Waals surface area contributed by atoms with Crippen LogP contribution in [0.2, 0.25) is 0 Å². The molecule has 0 saturated heterocycles. The summed E-state index contributed by atoms with van der Waals surface area (Å²) < 4.78 is 0. The van der Waals surface area contributed by atoms with Crippen molar-refractivity contribution in [3.8, 4) is 5.75 Å². The van der Waals surface area contributed by atoms with Gasteiger partial charge in [0, 0.05) is 6.20 Å². The van der Waals surface area contributed by atoms with Gasteiger partial charge in [-0.05, 0) is 24.3 Å². The zero-order chi connectivity index (χ0) is 13.2. The van der Waals surface area contributed by atoms with Crippen LogP contribution in [-0.2, 0) is 13.1 Å². The van der Waals surface area contributed by atoms with Crippen molar-refractivity contribution >= 4 is 32.1 Å². The third-order valence-electron chi connectivity index (χ3n) is 1.91. The Labute approximate surface area is 120 Å². The molecule has 0 radical (unpaired) electrons. The summed E-state index contributed by atoms with van der Waals surface area (Å²) in [6.45, 7) is 0. The summed E-state index contributed by atoms with van der Waals surface area (Å²) in [5.74, 6) is 0.171. The van der Waals surface area contributed by atoms with Crippen LogP contribution >= 0.6 is 20.2 Å². The fourth-order valence-electron chi connectivity index (χ4n) is 1.16. The standard InChI is InChI=1S/C12H10N2O.2ClH.Fe/c15-12-7-2-1-6-11(12)14-9-10-5-3-4-8-13-10;;;/h1-9,15H;2*1H;/q;;;+2/p-2. The van der Waals surface area contributed by atoms with E-state index in [9.17, 15) is 5.11 Å². The number of hydrogen-bond donors (Lipinski definition) is 1. The van der Waals surface area contributed by atoms with Gasteiger partial charge in [0.25, 0.3) is 0 Å². The van der Waals surface area contributed by atoms with E-state index in [0.29, 0.717) is 5.69 Å². The maximum atomic E-state index is 9.45. The number of halogens is 2. The quantitative estimate of drug-likeness (QED) is 0.672. The van der Waals surface area contributed by atoms with Crippen molar-refractivity contribution in [2.24, 2.45) is 4.99 Å². The van der Waals surface area contributed by atoms with E-state index >= 15 is 0 Å². The summed E-state index contributed by atoms with van der Waals surface area (Å²) in [6, 6.07) is 12.5. The van der Waals surface area contributed by atoms with Crippen LogP contribution in [0.25, 0.3) is 0 Å². The molecule has 0 aliphatic carbocycles. The molecule has 1 aromatic heterocycles. The third-order valence-corrected chi connectivity index (χ3v) is 1.91. The molecule has 0 spiro atoms. The van der Waals surface area contributed by atoms with E-state index in [2.05, 4.69) is 9.98 Å². The van der Waals surface area contributed by atoms with Crippen LogP contribution in [0.3, 0.4) is 0 Å². The van der Waals surface area contributed by atoms with E-state index in [1.807, 2.05) is 24.3 Å². The SMILES string of the molecule is Oc1ccccc1N=Cc1ccccn1.[Cl][Fe][Cl]. The molecule has 0 aliphatic rings. The van der Waals surface area contributed by atoms with Crippen LogP contribution in [-0.4, -0.2) is 16.3 Å². The van der Waals surface area contributed by atoms with E-state index in [0.717, 1.165) is 5.69 Å². The van der Waals surface area contributed by atoms with Crippen molar-refractivity contribution in [2.45, 2.75) is 0 Å². The van der Waals surface area contributed by atoms with Crippen molar-refractivity contribution < 1.29 is 18.2 Å². The molecule has 0 unspecified atom stereocenters.